The van der Waals surface area contributed by atoms with E-state index in [2.05, 4.69) is 33.8 Å². The summed E-state index contributed by atoms with van der Waals surface area (Å²) in [6.45, 7) is 8.50. The van der Waals surface area contributed by atoms with Crippen LogP contribution in [0.4, 0.5) is 0 Å². The number of rotatable bonds is 0. The van der Waals surface area contributed by atoms with Crippen LogP contribution in [0.2, 0.25) is 0 Å². The first-order valence-corrected chi connectivity index (χ1v) is 6.60. The van der Waals surface area contributed by atoms with Gasteiger partial charge in [0.15, 0.2) is 0 Å². The zero-order chi connectivity index (χ0) is 14.0. The van der Waals surface area contributed by atoms with Crippen molar-refractivity contribution in [1.82, 2.24) is 4.57 Å². The van der Waals surface area contributed by atoms with Crippen LogP contribution in [0.25, 0.3) is 10.9 Å². The Morgan fingerprint density at radius 1 is 1.06 bits per heavy atom. The number of fused-ring (bicyclic) bond motifs is 1. The summed E-state index contributed by atoms with van der Waals surface area (Å²) in [7, 11) is 1.95. The van der Waals surface area contributed by atoms with Crippen LogP contribution >= 0.6 is 0 Å². The highest BCUT2D eigenvalue weighted by atomic mass is 14.9. The van der Waals surface area contributed by atoms with Crippen molar-refractivity contribution in [3.05, 3.63) is 36.0 Å². The smallest absolute Gasteiger partial charge is 0.101 e. The second-order valence-electron chi connectivity index (χ2n) is 4.20. The third-order valence-corrected chi connectivity index (χ3v) is 2.02. The monoisotopic (exact) mass is 244 g/mol. The molecule has 0 atom stereocenters. The quantitative estimate of drug-likeness (QED) is 0.649. The Kier molecular flexibility index (Phi) is 8.39. The molecule has 0 amide bonds. The molecule has 0 fully saturated rings. The summed E-state index contributed by atoms with van der Waals surface area (Å²) in [4.78, 5) is 0. The van der Waals surface area contributed by atoms with Gasteiger partial charge in [0.25, 0.3) is 0 Å². The number of hydrogen-bond acceptors (Lipinski definition) is 1. The van der Waals surface area contributed by atoms with E-state index < -0.39 is 0 Å². The largest absolute Gasteiger partial charge is 0.349 e. The highest BCUT2D eigenvalue weighted by molar-refractivity contribution is 5.86. The lowest BCUT2D eigenvalue weighted by molar-refractivity contribution is 0.967. The van der Waals surface area contributed by atoms with Gasteiger partial charge < -0.3 is 4.57 Å². The van der Waals surface area contributed by atoms with Crippen LogP contribution in [0.3, 0.4) is 0 Å². The van der Waals surface area contributed by atoms with Gasteiger partial charge in [-0.15, -0.1) is 0 Å². The third kappa shape index (κ3) is 4.63. The van der Waals surface area contributed by atoms with Gasteiger partial charge in [-0.2, -0.15) is 5.26 Å². The number of para-hydroxylation sites is 1. The summed E-state index contributed by atoms with van der Waals surface area (Å²) in [5, 5.41) is 9.82. The van der Waals surface area contributed by atoms with E-state index in [0.717, 1.165) is 16.5 Å². The lowest BCUT2D eigenvalue weighted by Crippen LogP contribution is -1.81. The van der Waals surface area contributed by atoms with Gasteiger partial charge in [0.1, 0.15) is 6.07 Å². The topological polar surface area (TPSA) is 28.7 Å². The maximum absolute atomic E-state index is 8.79. The molecular formula is C16H24N2. The van der Waals surface area contributed by atoms with Crippen molar-refractivity contribution in [1.29, 1.82) is 5.26 Å². The van der Waals surface area contributed by atoms with Crippen LogP contribution in [0.1, 0.15) is 46.1 Å². The molecule has 0 N–H and O–H groups in total. The minimum absolute atomic E-state index is 0.744. The van der Waals surface area contributed by atoms with Crippen LogP contribution in [0, 0.1) is 11.3 Å². The summed E-state index contributed by atoms with van der Waals surface area (Å²) < 4.78 is 1.97. The fourth-order valence-electron chi connectivity index (χ4n) is 1.43. The van der Waals surface area contributed by atoms with Crippen molar-refractivity contribution in [3.8, 4) is 6.07 Å². The van der Waals surface area contributed by atoms with Gasteiger partial charge >= 0.3 is 0 Å². The van der Waals surface area contributed by atoms with Gasteiger partial charge in [0, 0.05) is 24.1 Å². The Hall–Kier alpha value is -1.75. The minimum Gasteiger partial charge on any atom is -0.349 e. The zero-order valence-corrected chi connectivity index (χ0v) is 12.2. The first-order valence-electron chi connectivity index (χ1n) is 6.60. The molecular weight excluding hydrogens is 220 g/mol. The zero-order valence-electron chi connectivity index (χ0n) is 12.2. The molecule has 18 heavy (non-hydrogen) atoms. The second kappa shape index (κ2) is 9.30. The van der Waals surface area contributed by atoms with Gasteiger partial charge in [-0.1, -0.05) is 58.7 Å². The first kappa shape index (κ1) is 16.2. The average molecular weight is 244 g/mol. The van der Waals surface area contributed by atoms with Crippen LogP contribution in [0.5, 0.6) is 0 Å². The summed E-state index contributed by atoms with van der Waals surface area (Å²) >= 11 is 0. The number of nitriles is 1. The molecule has 1 heterocycles. The van der Waals surface area contributed by atoms with E-state index in [0.29, 0.717) is 0 Å². The molecule has 0 aliphatic carbocycles. The van der Waals surface area contributed by atoms with Crippen LogP contribution < -0.4 is 0 Å². The summed E-state index contributed by atoms with van der Waals surface area (Å²) in [5.41, 5.74) is 1.85. The van der Waals surface area contributed by atoms with Gasteiger partial charge in [0.2, 0.25) is 0 Å². The lowest BCUT2D eigenvalue weighted by Gasteiger charge is -1.92. The van der Waals surface area contributed by atoms with Crippen LogP contribution in [-0.4, -0.2) is 4.57 Å². The molecule has 1 aromatic carbocycles. The maximum Gasteiger partial charge on any atom is 0.101 e. The van der Waals surface area contributed by atoms with E-state index in [-0.39, 0.29) is 0 Å². The van der Waals surface area contributed by atoms with Gasteiger partial charge in [-0.05, 0) is 6.07 Å². The summed E-state index contributed by atoms with van der Waals surface area (Å²) in [6, 6.07) is 10.1. The summed E-state index contributed by atoms with van der Waals surface area (Å²) in [5.74, 6) is 0. The summed E-state index contributed by atoms with van der Waals surface area (Å²) in [6.07, 6.45) is 4.35. The van der Waals surface area contributed by atoms with E-state index >= 15 is 0 Å². The molecule has 0 unspecified atom stereocenters. The Morgan fingerprint density at radius 3 is 2.06 bits per heavy atom. The molecule has 2 aromatic rings. The van der Waals surface area contributed by atoms with Crippen molar-refractivity contribution in [2.24, 2.45) is 7.05 Å². The molecule has 0 radical (unpaired) electrons. The van der Waals surface area contributed by atoms with Crippen molar-refractivity contribution < 1.29 is 0 Å². The molecule has 0 aliphatic heterocycles. The highest BCUT2D eigenvalue weighted by Crippen LogP contribution is 2.18. The van der Waals surface area contributed by atoms with Crippen LogP contribution in [0.15, 0.2) is 30.5 Å². The van der Waals surface area contributed by atoms with Crippen LogP contribution in [-0.2, 0) is 7.05 Å². The SMILES string of the molecule is CCC.CCC.Cn1cc(C#N)c2ccccc21. The van der Waals surface area contributed by atoms with E-state index in [1.54, 1.807) is 0 Å². The number of aryl methyl sites for hydroxylation is 1. The Morgan fingerprint density at radius 2 is 1.56 bits per heavy atom. The molecule has 0 spiro atoms. The number of aromatic nitrogens is 1. The normalized spacial score (nSPS) is 8.67. The first-order chi connectivity index (χ1) is 8.65. The molecule has 98 valence electrons. The standard InChI is InChI=1S/C10H8N2.2C3H8/c1-12-7-8(6-11)9-4-2-3-5-10(9)12;2*1-3-2/h2-5,7H,1H3;2*3H2,1-2H3. The van der Waals surface area contributed by atoms with E-state index in [1.165, 1.54) is 12.8 Å². The van der Waals surface area contributed by atoms with Gasteiger partial charge in [-0.25, -0.2) is 0 Å². The predicted molar refractivity (Wildman–Crippen MR) is 79.6 cm³/mol. The molecule has 0 saturated heterocycles. The number of nitrogens with zero attached hydrogens (tertiary/aromatic N) is 2. The Labute approximate surface area is 111 Å². The molecule has 2 heteroatoms. The van der Waals surface area contributed by atoms with Gasteiger partial charge in [-0.3, -0.25) is 0 Å². The van der Waals surface area contributed by atoms with E-state index in [1.807, 2.05) is 42.1 Å². The Bertz CT molecular complexity index is 487. The maximum atomic E-state index is 8.79. The average Bonchev–Trinajstić information content (AvgIpc) is 2.69. The lowest BCUT2D eigenvalue weighted by atomic mass is 10.2. The predicted octanol–water partition coefficient (Wildman–Crippen LogP) is 4.88. The van der Waals surface area contributed by atoms with Crippen molar-refractivity contribution >= 4 is 10.9 Å². The molecule has 2 nitrogen and oxygen atoms in total. The van der Waals surface area contributed by atoms with Gasteiger partial charge in [0.05, 0.1) is 5.56 Å². The number of benzene rings is 1. The molecule has 0 aliphatic rings. The third-order valence-electron chi connectivity index (χ3n) is 2.02. The fraction of sp³-hybridized carbons (Fsp3) is 0.438. The molecule has 2 rings (SSSR count). The number of hydrogen-bond donors (Lipinski definition) is 0. The van der Waals surface area contributed by atoms with E-state index in [9.17, 15) is 0 Å². The van der Waals surface area contributed by atoms with Crippen molar-refractivity contribution in [2.75, 3.05) is 0 Å². The minimum atomic E-state index is 0.744. The van der Waals surface area contributed by atoms with Crippen molar-refractivity contribution in [3.63, 3.8) is 0 Å². The molecule has 1 aromatic heterocycles. The fourth-order valence-corrected chi connectivity index (χ4v) is 1.43. The molecule has 0 saturated carbocycles. The highest BCUT2D eigenvalue weighted by Gasteiger charge is 2.02. The molecule has 0 bridgehead atoms. The Balaban J connectivity index is 0.000000414. The second-order valence-corrected chi connectivity index (χ2v) is 4.20. The van der Waals surface area contributed by atoms with E-state index in [4.69, 9.17) is 5.26 Å². The van der Waals surface area contributed by atoms with Crippen molar-refractivity contribution in [2.45, 2.75) is 40.5 Å².